The van der Waals surface area contributed by atoms with Gasteiger partial charge in [0.1, 0.15) is 0 Å². The van der Waals surface area contributed by atoms with Crippen LogP contribution in [0.15, 0.2) is 65.2 Å². The summed E-state index contributed by atoms with van der Waals surface area (Å²) >= 11 is 3.46. The predicted molar refractivity (Wildman–Crippen MR) is 94.2 cm³/mol. The van der Waals surface area contributed by atoms with Crippen molar-refractivity contribution in [3.05, 3.63) is 81.8 Å². The summed E-state index contributed by atoms with van der Waals surface area (Å²) in [5.41, 5.74) is 3.82. The van der Waals surface area contributed by atoms with Gasteiger partial charge in [-0.1, -0.05) is 64.0 Å². The van der Waals surface area contributed by atoms with Gasteiger partial charge in [-0.05, 0) is 30.2 Å². The van der Waals surface area contributed by atoms with E-state index in [1.54, 1.807) is 6.08 Å². The van der Waals surface area contributed by atoms with Crippen LogP contribution in [0.3, 0.4) is 0 Å². The SMILES string of the molecule is Cc1ccc(CN(C/C=C\C#N)Cc2ccc(Br)cc2)cc1. The van der Waals surface area contributed by atoms with E-state index in [1.807, 2.05) is 6.08 Å². The number of hydrogen-bond donors (Lipinski definition) is 0. The molecule has 0 amide bonds. The molecular formula is C19H19BrN2. The highest BCUT2D eigenvalue weighted by Crippen LogP contribution is 2.14. The quantitative estimate of drug-likeness (QED) is 0.694. The third-order valence-corrected chi connectivity index (χ3v) is 3.93. The number of nitriles is 1. The Morgan fingerprint density at radius 1 is 1.00 bits per heavy atom. The van der Waals surface area contributed by atoms with Gasteiger partial charge in [-0.3, -0.25) is 4.90 Å². The standard InChI is InChI=1S/C19H19BrN2/c1-16-4-6-17(7-5-16)14-22(13-3-2-12-21)15-18-8-10-19(20)11-9-18/h2-11H,13-15H2,1H3/b3-2-. The van der Waals surface area contributed by atoms with Crippen LogP contribution < -0.4 is 0 Å². The molecule has 2 nitrogen and oxygen atoms in total. The van der Waals surface area contributed by atoms with E-state index in [4.69, 9.17) is 5.26 Å². The predicted octanol–water partition coefficient (Wildman–Crippen LogP) is 4.84. The Hall–Kier alpha value is -1.89. The van der Waals surface area contributed by atoms with Crippen molar-refractivity contribution < 1.29 is 0 Å². The first-order valence-corrected chi connectivity index (χ1v) is 8.03. The molecule has 0 saturated carbocycles. The van der Waals surface area contributed by atoms with Crippen molar-refractivity contribution in [2.75, 3.05) is 6.54 Å². The highest BCUT2D eigenvalue weighted by Gasteiger charge is 2.06. The summed E-state index contributed by atoms with van der Waals surface area (Å²) in [6, 6.07) is 19.0. The summed E-state index contributed by atoms with van der Waals surface area (Å²) in [5, 5.41) is 8.66. The monoisotopic (exact) mass is 354 g/mol. The van der Waals surface area contributed by atoms with Crippen LogP contribution in [0.4, 0.5) is 0 Å². The zero-order valence-electron chi connectivity index (χ0n) is 12.7. The molecular weight excluding hydrogens is 336 g/mol. The van der Waals surface area contributed by atoms with Crippen molar-refractivity contribution >= 4 is 15.9 Å². The van der Waals surface area contributed by atoms with Gasteiger partial charge in [-0.25, -0.2) is 0 Å². The first kappa shape index (κ1) is 16.5. The van der Waals surface area contributed by atoms with Gasteiger partial charge in [0.15, 0.2) is 0 Å². The first-order valence-electron chi connectivity index (χ1n) is 7.24. The Morgan fingerprint density at radius 2 is 1.55 bits per heavy atom. The molecule has 2 aromatic carbocycles. The van der Waals surface area contributed by atoms with Crippen LogP contribution in [0.25, 0.3) is 0 Å². The Morgan fingerprint density at radius 3 is 2.09 bits per heavy atom. The zero-order chi connectivity index (χ0) is 15.8. The molecule has 22 heavy (non-hydrogen) atoms. The highest BCUT2D eigenvalue weighted by atomic mass is 79.9. The third-order valence-electron chi connectivity index (χ3n) is 3.40. The fourth-order valence-corrected chi connectivity index (χ4v) is 2.50. The van der Waals surface area contributed by atoms with Crippen LogP contribution in [-0.2, 0) is 13.1 Å². The number of aryl methyl sites for hydroxylation is 1. The van der Waals surface area contributed by atoms with E-state index in [0.717, 1.165) is 24.1 Å². The molecule has 0 radical (unpaired) electrons. The normalized spacial score (nSPS) is 11.0. The summed E-state index contributed by atoms with van der Waals surface area (Å²) in [4.78, 5) is 2.32. The number of rotatable bonds is 6. The van der Waals surface area contributed by atoms with Crippen molar-refractivity contribution in [1.29, 1.82) is 5.26 Å². The number of hydrogen-bond acceptors (Lipinski definition) is 2. The van der Waals surface area contributed by atoms with Crippen LogP contribution in [0.5, 0.6) is 0 Å². The Kier molecular flexibility index (Phi) is 6.39. The van der Waals surface area contributed by atoms with Gasteiger partial charge in [0.25, 0.3) is 0 Å². The largest absolute Gasteiger partial charge is 0.291 e. The lowest BCUT2D eigenvalue weighted by molar-refractivity contribution is 0.286. The zero-order valence-corrected chi connectivity index (χ0v) is 14.3. The number of halogens is 1. The molecule has 2 rings (SSSR count). The molecule has 0 heterocycles. The van der Waals surface area contributed by atoms with Crippen LogP contribution in [-0.4, -0.2) is 11.4 Å². The minimum absolute atomic E-state index is 0.761. The fourth-order valence-electron chi connectivity index (χ4n) is 2.24. The van der Waals surface area contributed by atoms with Gasteiger partial charge in [-0.15, -0.1) is 0 Å². The van der Waals surface area contributed by atoms with Crippen LogP contribution in [0.1, 0.15) is 16.7 Å². The molecule has 0 aliphatic rings. The van der Waals surface area contributed by atoms with E-state index >= 15 is 0 Å². The summed E-state index contributed by atoms with van der Waals surface area (Å²) in [6.45, 7) is 4.58. The van der Waals surface area contributed by atoms with Crippen LogP contribution in [0, 0.1) is 18.3 Å². The van der Waals surface area contributed by atoms with Crippen molar-refractivity contribution in [1.82, 2.24) is 4.90 Å². The summed E-state index contributed by atoms with van der Waals surface area (Å²) in [7, 11) is 0. The fraction of sp³-hybridized carbons (Fsp3) is 0.211. The van der Waals surface area contributed by atoms with E-state index in [9.17, 15) is 0 Å². The van der Waals surface area contributed by atoms with Gasteiger partial charge in [0.05, 0.1) is 6.07 Å². The van der Waals surface area contributed by atoms with Gasteiger partial charge in [0.2, 0.25) is 0 Å². The van der Waals surface area contributed by atoms with Crippen molar-refractivity contribution in [2.45, 2.75) is 20.0 Å². The lowest BCUT2D eigenvalue weighted by Gasteiger charge is -2.21. The molecule has 0 saturated heterocycles. The van der Waals surface area contributed by atoms with E-state index in [1.165, 1.54) is 16.7 Å². The van der Waals surface area contributed by atoms with E-state index in [-0.39, 0.29) is 0 Å². The number of benzene rings is 2. The lowest BCUT2D eigenvalue weighted by Crippen LogP contribution is -2.22. The topological polar surface area (TPSA) is 27.0 Å². The molecule has 112 valence electrons. The highest BCUT2D eigenvalue weighted by molar-refractivity contribution is 9.10. The maximum atomic E-state index is 8.66. The summed E-state index contributed by atoms with van der Waals surface area (Å²) in [6.07, 6.45) is 3.46. The molecule has 0 aliphatic heterocycles. The third kappa shape index (κ3) is 5.48. The molecule has 2 aromatic rings. The van der Waals surface area contributed by atoms with Gasteiger partial charge in [0, 0.05) is 30.2 Å². The summed E-state index contributed by atoms with van der Waals surface area (Å²) < 4.78 is 1.09. The Balaban J connectivity index is 2.07. The maximum absolute atomic E-state index is 8.66. The molecule has 0 bridgehead atoms. The smallest absolute Gasteiger partial charge is 0.0909 e. The molecule has 0 aromatic heterocycles. The van der Waals surface area contributed by atoms with Gasteiger partial charge in [-0.2, -0.15) is 5.26 Å². The number of nitrogens with zero attached hydrogens (tertiary/aromatic N) is 2. The second-order valence-corrected chi connectivity index (χ2v) is 6.23. The minimum atomic E-state index is 0.761. The molecule has 3 heteroatoms. The van der Waals surface area contributed by atoms with Crippen molar-refractivity contribution in [3.8, 4) is 6.07 Å². The minimum Gasteiger partial charge on any atom is -0.291 e. The molecule has 0 spiro atoms. The van der Waals surface area contributed by atoms with E-state index < -0.39 is 0 Å². The van der Waals surface area contributed by atoms with E-state index in [2.05, 4.69) is 82.4 Å². The van der Waals surface area contributed by atoms with Gasteiger partial charge >= 0.3 is 0 Å². The van der Waals surface area contributed by atoms with Crippen molar-refractivity contribution in [3.63, 3.8) is 0 Å². The first-order chi connectivity index (χ1) is 10.7. The van der Waals surface area contributed by atoms with Crippen LogP contribution >= 0.6 is 15.9 Å². The molecule has 0 atom stereocenters. The average molecular weight is 355 g/mol. The van der Waals surface area contributed by atoms with E-state index in [0.29, 0.717) is 0 Å². The van der Waals surface area contributed by atoms with Gasteiger partial charge < -0.3 is 0 Å². The Labute approximate surface area is 140 Å². The molecule has 0 aliphatic carbocycles. The second-order valence-electron chi connectivity index (χ2n) is 5.31. The molecule has 0 fully saturated rings. The number of allylic oxidation sites excluding steroid dienone is 1. The van der Waals surface area contributed by atoms with Crippen molar-refractivity contribution in [2.24, 2.45) is 0 Å². The lowest BCUT2D eigenvalue weighted by atomic mass is 10.1. The maximum Gasteiger partial charge on any atom is 0.0909 e. The molecule has 0 N–H and O–H groups in total. The molecule has 0 unspecified atom stereocenters. The Bertz CT molecular complexity index is 604. The summed E-state index contributed by atoms with van der Waals surface area (Å²) in [5.74, 6) is 0. The average Bonchev–Trinajstić information content (AvgIpc) is 2.52. The second kappa shape index (κ2) is 8.53. The van der Waals surface area contributed by atoms with Crippen LogP contribution in [0.2, 0.25) is 0 Å².